The molecule has 2 rings (SSSR count). The van der Waals surface area contributed by atoms with Crippen molar-refractivity contribution in [1.29, 1.82) is 0 Å². The Morgan fingerprint density at radius 3 is 2.36 bits per heavy atom. The maximum Gasteiger partial charge on any atom is 0.228 e. The number of nitrogens with one attached hydrogen (secondary N) is 1. The SMILES string of the molecule is CO/N=C(/C(=O)C[C@H]1NC(=O)[C@@H]1[C@@H](C)O[Si](C)(C)C(C)(C)C)c1ccccc1. The number of rotatable bonds is 8. The van der Waals surface area contributed by atoms with E-state index in [9.17, 15) is 9.59 Å². The van der Waals surface area contributed by atoms with Crippen molar-refractivity contribution < 1.29 is 18.9 Å². The first-order valence-corrected chi connectivity index (χ1v) is 12.6. The van der Waals surface area contributed by atoms with E-state index in [1.807, 2.05) is 37.3 Å². The number of oxime groups is 1. The summed E-state index contributed by atoms with van der Waals surface area (Å²) in [6.07, 6.45) is -0.0782. The fourth-order valence-electron chi connectivity index (χ4n) is 3.14. The van der Waals surface area contributed by atoms with Crippen LogP contribution in [0.3, 0.4) is 0 Å². The number of carbonyl (C=O) groups is 2. The predicted octanol–water partition coefficient (Wildman–Crippen LogP) is 3.52. The van der Waals surface area contributed by atoms with E-state index >= 15 is 0 Å². The normalized spacial score (nSPS) is 21.5. The number of nitrogens with zero attached hydrogens (tertiary/aromatic N) is 1. The Kier molecular flexibility index (Phi) is 6.83. The molecule has 1 saturated heterocycles. The van der Waals surface area contributed by atoms with Crippen molar-refractivity contribution in [2.45, 2.75) is 64.4 Å². The van der Waals surface area contributed by atoms with Crippen molar-refractivity contribution in [3.63, 3.8) is 0 Å². The molecule has 1 aliphatic rings. The molecule has 7 heteroatoms. The standard InChI is InChI=1S/C21H32N2O4Si/c1-14(27-28(6,7)21(2,3)4)18-16(22-20(18)25)13-17(24)19(23-26-5)15-11-9-8-10-12-15/h8-12,14,16,18H,13H2,1-7H3,(H,22,25)/b23-19+/t14-,16-,18-/m1/s1. The van der Waals surface area contributed by atoms with Crippen LogP contribution in [0, 0.1) is 5.92 Å². The largest absolute Gasteiger partial charge is 0.413 e. The summed E-state index contributed by atoms with van der Waals surface area (Å²) in [4.78, 5) is 30.0. The van der Waals surface area contributed by atoms with E-state index in [1.54, 1.807) is 0 Å². The maximum atomic E-state index is 12.9. The molecule has 1 fully saturated rings. The lowest BCUT2D eigenvalue weighted by Gasteiger charge is -2.45. The van der Waals surface area contributed by atoms with E-state index in [-0.39, 0.29) is 46.9 Å². The number of carbonyl (C=O) groups excluding carboxylic acids is 2. The molecule has 1 amide bonds. The number of ketones is 1. The van der Waals surface area contributed by atoms with Gasteiger partial charge in [0.25, 0.3) is 0 Å². The molecule has 0 unspecified atom stereocenters. The van der Waals surface area contributed by atoms with Crippen LogP contribution in [0.15, 0.2) is 35.5 Å². The van der Waals surface area contributed by atoms with Crippen molar-refractivity contribution in [2.24, 2.45) is 11.1 Å². The second-order valence-corrected chi connectivity index (χ2v) is 13.6. The molecular weight excluding hydrogens is 372 g/mol. The molecule has 3 atom stereocenters. The van der Waals surface area contributed by atoms with E-state index in [1.165, 1.54) is 7.11 Å². The monoisotopic (exact) mass is 404 g/mol. The highest BCUT2D eigenvalue weighted by atomic mass is 28.4. The lowest BCUT2D eigenvalue weighted by atomic mass is 9.82. The van der Waals surface area contributed by atoms with Crippen molar-refractivity contribution in [3.05, 3.63) is 35.9 Å². The molecule has 28 heavy (non-hydrogen) atoms. The summed E-state index contributed by atoms with van der Waals surface area (Å²) in [5.74, 6) is -0.561. The van der Waals surface area contributed by atoms with E-state index < -0.39 is 8.32 Å². The van der Waals surface area contributed by atoms with Gasteiger partial charge in [-0.2, -0.15) is 0 Å². The molecule has 0 radical (unpaired) electrons. The van der Waals surface area contributed by atoms with Gasteiger partial charge in [-0.1, -0.05) is 56.3 Å². The zero-order valence-electron chi connectivity index (χ0n) is 17.9. The van der Waals surface area contributed by atoms with Gasteiger partial charge < -0.3 is 14.6 Å². The van der Waals surface area contributed by atoms with Crippen LogP contribution in [-0.4, -0.2) is 45.0 Å². The summed E-state index contributed by atoms with van der Waals surface area (Å²) in [6.45, 7) is 12.8. The molecule has 1 aromatic rings. The van der Waals surface area contributed by atoms with Gasteiger partial charge in [-0.3, -0.25) is 9.59 Å². The quantitative estimate of drug-likeness (QED) is 0.311. The third kappa shape index (κ3) is 4.88. The highest BCUT2D eigenvalue weighted by molar-refractivity contribution is 6.74. The minimum Gasteiger partial charge on any atom is -0.413 e. The molecule has 0 bridgehead atoms. The van der Waals surface area contributed by atoms with Crippen LogP contribution >= 0.6 is 0 Å². The van der Waals surface area contributed by atoms with E-state index in [4.69, 9.17) is 9.26 Å². The molecule has 0 aromatic heterocycles. The fourth-order valence-corrected chi connectivity index (χ4v) is 4.57. The van der Waals surface area contributed by atoms with Gasteiger partial charge in [0.15, 0.2) is 19.8 Å². The summed E-state index contributed by atoms with van der Waals surface area (Å²) in [6, 6.07) is 8.94. The van der Waals surface area contributed by atoms with Crippen LogP contribution < -0.4 is 5.32 Å². The average molecular weight is 405 g/mol. The second kappa shape index (κ2) is 8.57. The molecule has 0 saturated carbocycles. The molecule has 1 aliphatic heterocycles. The predicted molar refractivity (Wildman–Crippen MR) is 113 cm³/mol. The highest BCUT2D eigenvalue weighted by Gasteiger charge is 2.48. The van der Waals surface area contributed by atoms with Crippen molar-refractivity contribution in [3.8, 4) is 0 Å². The molecule has 0 spiro atoms. The van der Waals surface area contributed by atoms with E-state index in [0.29, 0.717) is 5.56 Å². The topological polar surface area (TPSA) is 77.0 Å². The van der Waals surface area contributed by atoms with Crippen molar-refractivity contribution >= 4 is 25.7 Å². The Morgan fingerprint density at radius 1 is 1.25 bits per heavy atom. The Morgan fingerprint density at radius 2 is 1.86 bits per heavy atom. The minimum absolute atomic E-state index is 0.0540. The average Bonchev–Trinajstić information content (AvgIpc) is 2.58. The molecule has 1 aromatic carbocycles. The first kappa shape index (κ1) is 22.3. The van der Waals surface area contributed by atoms with Gasteiger partial charge in [-0.15, -0.1) is 0 Å². The lowest BCUT2D eigenvalue weighted by Crippen LogP contribution is -2.64. The molecule has 154 valence electrons. The zero-order valence-corrected chi connectivity index (χ0v) is 18.9. The van der Waals surface area contributed by atoms with Gasteiger partial charge in [0.2, 0.25) is 5.91 Å². The van der Waals surface area contributed by atoms with E-state index in [0.717, 1.165) is 0 Å². The van der Waals surface area contributed by atoms with Crippen LogP contribution in [0.2, 0.25) is 18.1 Å². The molecule has 1 N–H and O–H groups in total. The summed E-state index contributed by atoms with van der Waals surface area (Å²) < 4.78 is 6.39. The van der Waals surface area contributed by atoms with Gasteiger partial charge in [0, 0.05) is 12.0 Å². The fraction of sp³-hybridized carbons (Fsp3) is 0.571. The minimum atomic E-state index is -2.01. The first-order valence-electron chi connectivity index (χ1n) is 9.66. The summed E-state index contributed by atoms with van der Waals surface area (Å²) in [5.41, 5.74) is 0.961. The van der Waals surface area contributed by atoms with Crippen LogP contribution in [0.25, 0.3) is 0 Å². The van der Waals surface area contributed by atoms with Gasteiger partial charge in [-0.25, -0.2) is 0 Å². The Labute approximate surface area is 168 Å². The van der Waals surface area contributed by atoms with Gasteiger partial charge in [0.05, 0.1) is 18.1 Å². The van der Waals surface area contributed by atoms with Crippen molar-refractivity contribution in [2.75, 3.05) is 7.11 Å². The number of amides is 1. The first-order chi connectivity index (χ1) is 13.0. The van der Waals surface area contributed by atoms with Crippen LogP contribution in [0.5, 0.6) is 0 Å². The molecular formula is C21H32N2O4Si. The van der Waals surface area contributed by atoms with Gasteiger partial charge >= 0.3 is 0 Å². The number of β-lactam (4-membered cyclic amide) rings is 1. The number of hydrogen-bond donors (Lipinski definition) is 1. The molecule has 0 aliphatic carbocycles. The summed E-state index contributed by atoms with van der Waals surface area (Å²) in [7, 11) is -0.592. The number of benzene rings is 1. The lowest BCUT2D eigenvalue weighted by molar-refractivity contribution is -0.140. The van der Waals surface area contributed by atoms with Gasteiger partial charge in [-0.05, 0) is 25.1 Å². The maximum absolute atomic E-state index is 12.9. The zero-order chi connectivity index (χ0) is 21.1. The summed E-state index contributed by atoms with van der Waals surface area (Å²) >= 11 is 0. The third-order valence-electron chi connectivity index (χ3n) is 5.76. The Balaban J connectivity index is 2.10. The van der Waals surface area contributed by atoms with E-state index in [2.05, 4.69) is 44.3 Å². The Hall–Kier alpha value is -1.99. The second-order valence-electron chi connectivity index (χ2n) is 8.84. The smallest absolute Gasteiger partial charge is 0.228 e. The highest BCUT2D eigenvalue weighted by Crippen LogP contribution is 2.39. The van der Waals surface area contributed by atoms with Gasteiger partial charge in [0.1, 0.15) is 7.11 Å². The molecule has 6 nitrogen and oxygen atoms in total. The molecule has 1 heterocycles. The number of Topliss-reactive ketones (excluding diaryl/α,β-unsaturated/α-hetero) is 1. The summed E-state index contributed by atoms with van der Waals surface area (Å²) in [5, 5.41) is 6.83. The Bertz CT molecular complexity index is 741. The number of hydrogen-bond acceptors (Lipinski definition) is 5. The van der Waals surface area contributed by atoms with Crippen LogP contribution in [-0.2, 0) is 18.9 Å². The van der Waals surface area contributed by atoms with Crippen molar-refractivity contribution in [1.82, 2.24) is 5.32 Å². The third-order valence-corrected chi connectivity index (χ3v) is 10.3. The van der Waals surface area contributed by atoms with Crippen LogP contribution in [0.1, 0.15) is 39.7 Å². The van der Waals surface area contributed by atoms with Crippen LogP contribution in [0.4, 0.5) is 0 Å².